The van der Waals surface area contributed by atoms with Gasteiger partial charge in [-0.2, -0.15) is 0 Å². The summed E-state index contributed by atoms with van der Waals surface area (Å²) in [5.74, 6) is 0.456. The molecule has 1 aliphatic heterocycles. The van der Waals surface area contributed by atoms with E-state index in [0.717, 1.165) is 32.3 Å². The number of hydrogen-bond acceptors (Lipinski definition) is 4. The van der Waals surface area contributed by atoms with Crippen LogP contribution in [-0.4, -0.2) is 43.9 Å². The summed E-state index contributed by atoms with van der Waals surface area (Å²) in [5, 5.41) is 2.99. The third kappa shape index (κ3) is 5.56. The maximum Gasteiger partial charge on any atom is 0.220 e. The molecule has 1 saturated carbocycles. The van der Waals surface area contributed by atoms with Crippen molar-refractivity contribution in [2.75, 3.05) is 19.8 Å². The summed E-state index contributed by atoms with van der Waals surface area (Å²) in [7, 11) is 0. The molecule has 0 spiro atoms. The highest BCUT2D eigenvalue weighted by Gasteiger charge is 2.26. The van der Waals surface area contributed by atoms with Crippen LogP contribution in [0.2, 0.25) is 0 Å². The number of carbonyl (C=O) groups excluding carboxylic acids is 1. The lowest BCUT2D eigenvalue weighted by Gasteiger charge is -2.19. The number of nitrogens with two attached hydrogens (primary N) is 1. The van der Waals surface area contributed by atoms with Gasteiger partial charge in [-0.3, -0.25) is 4.79 Å². The lowest BCUT2D eigenvalue weighted by atomic mass is 10.00. The van der Waals surface area contributed by atoms with Crippen molar-refractivity contribution in [3.63, 3.8) is 0 Å². The Balaban J connectivity index is 0.00000200. The molecule has 2 aliphatic rings. The van der Waals surface area contributed by atoms with Crippen LogP contribution in [0.25, 0.3) is 0 Å². The highest BCUT2D eigenvalue weighted by molar-refractivity contribution is 5.85. The Morgan fingerprint density at radius 2 is 2.25 bits per heavy atom. The molecule has 1 aliphatic carbocycles. The fourth-order valence-corrected chi connectivity index (χ4v) is 2.86. The molecule has 0 aromatic carbocycles. The Hall–Kier alpha value is -0.360. The average Bonchev–Trinajstić information content (AvgIpc) is 2.99. The second-order valence-corrected chi connectivity index (χ2v) is 5.85. The average molecular weight is 307 g/mol. The lowest BCUT2D eigenvalue weighted by Crippen LogP contribution is -2.39. The van der Waals surface area contributed by atoms with E-state index in [4.69, 9.17) is 15.2 Å². The molecule has 3 N–H and O–H groups in total. The number of hydrogen-bond donors (Lipinski definition) is 2. The van der Waals surface area contributed by atoms with Gasteiger partial charge in [-0.1, -0.05) is 6.42 Å². The van der Waals surface area contributed by atoms with Crippen LogP contribution in [0.5, 0.6) is 0 Å². The number of ether oxygens (including phenoxy) is 2. The highest BCUT2D eigenvalue weighted by Crippen LogP contribution is 2.26. The van der Waals surface area contributed by atoms with E-state index in [1.165, 1.54) is 0 Å². The predicted molar refractivity (Wildman–Crippen MR) is 80.0 cm³/mol. The Bertz CT molecular complexity index is 298. The third-order valence-corrected chi connectivity index (χ3v) is 4.04. The van der Waals surface area contributed by atoms with Gasteiger partial charge in [0.2, 0.25) is 5.91 Å². The van der Waals surface area contributed by atoms with Crippen LogP contribution in [-0.2, 0) is 14.3 Å². The number of amides is 1. The first kappa shape index (κ1) is 17.7. The van der Waals surface area contributed by atoms with Crippen LogP contribution in [0.1, 0.15) is 39.0 Å². The maximum atomic E-state index is 11.9. The molecule has 5 nitrogen and oxygen atoms in total. The van der Waals surface area contributed by atoms with Crippen LogP contribution in [0.3, 0.4) is 0 Å². The van der Waals surface area contributed by atoms with Crippen LogP contribution in [0, 0.1) is 5.92 Å². The second-order valence-electron chi connectivity index (χ2n) is 5.85. The molecule has 0 aromatic rings. The van der Waals surface area contributed by atoms with Gasteiger partial charge in [0.25, 0.3) is 0 Å². The first-order valence-electron chi connectivity index (χ1n) is 7.39. The van der Waals surface area contributed by atoms with E-state index in [-0.39, 0.29) is 36.5 Å². The van der Waals surface area contributed by atoms with Gasteiger partial charge in [-0.25, -0.2) is 0 Å². The molecule has 118 valence electrons. The standard InChI is InChI=1S/C14H26N2O3.ClH/c1-10(8-19-12-5-6-18-9-12)16-14(17)7-11-3-2-4-13(11)15;/h10-13H,2-9,15H2,1H3,(H,16,17);1H/t10?,11-,12?,13+;/m0./s1. The van der Waals surface area contributed by atoms with Gasteiger partial charge in [-0.15, -0.1) is 12.4 Å². The van der Waals surface area contributed by atoms with Gasteiger partial charge in [0, 0.05) is 25.1 Å². The smallest absolute Gasteiger partial charge is 0.220 e. The molecule has 0 bridgehead atoms. The van der Waals surface area contributed by atoms with Crippen molar-refractivity contribution in [3.05, 3.63) is 0 Å². The number of rotatable bonds is 6. The summed E-state index contributed by atoms with van der Waals surface area (Å²) in [6, 6.07) is 0.249. The van der Waals surface area contributed by atoms with Crippen molar-refractivity contribution < 1.29 is 14.3 Å². The fraction of sp³-hybridized carbons (Fsp3) is 0.929. The van der Waals surface area contributed by atoms with Gasteiger partial charge in [0.1, 0.15) is 0 Å². The molecular weight excluding hydrogens is 280 g/mol. The zero-order valence-corrected chi connectivity index (χ0v) is 13.0. The van der Waals surface area contributed by atoms with E-state index >= 15 is 0 Å². The minimum absolute atomic E-state index is 0. The molecule has 20 heavy (non-hydrogen) atoms. The van der Waals surface area contributed by atoms with Crippen LogP contribution in [0.4, 0.5) is 0 Å². The molecule has 1 saturated heterocycles. The summed E-state index contributed by atoms with van der Waals surface area (Å²) >= 11 is 0. The van der Waals surface area contributed by atoms with E-state index in [9.17, 15) is 4.79 Å². The zero-order valence-electron chi connectivity index (χ0n) is 12.2. The number of halogens is 1. The SMILES string of the molecule is CC(COC1CCOC1)NC(=O)C[C@@H]1CCC[C@H]1N.Cl. The molecule has 2 fully saturated rings. The number of nitrogens with one attached hydrogen (secondary N) is 1. The molecule has 2 rings (SSSR count). The molecule has 4 atom stereocenters. The molecule has 0 aromatic heterocycles. The number of carbonyl (C=O) groups is 1. The van der Waals surface area contributed by atoms with E-state index in [2.05, 4.69) is 5.32 Å². The van der Waals surface area contributed by atoms with E-state index in [0.29, 0.717) is 25.6 Å². The summed E-state index contributed by atoms with van der Waals surface area (Å²) in [4.78, 5) is 11.9. The van der Waals surface area contributed by atoms with Crippen molar-refractivity contribution in [2.45, 2.75) is 57.2 Å². The van der Waals surface area contributed by atoms with Crippen molar-refractivity contribution in [1.29, 1.82) is 0 Å². The van der Waals surface area contributed by atoms with Crippen LogP contribution < -0.4 is 11.1 Å². The summed E-state index contributed by atoms with van der Waals surface area (Å²) in [5.41, 5.74) is 5.98. The quantitative estimate of drug-likeness (QED) is 0.774. The monoisotopic (exact) mass is 306 g/mol. The van der Waals surface area contributed by atoms with E-state index in [1.807, 2.05) is 6.92 Å². The molecule has 1 amide bonds. The fourth-order valence-electron chi connectivity index (χ4n) is 2.86. The van der Waals surface area contributed by atoms with Crippen molar-refractivity contribution in [1.82, 2.24) is 5.32 Å². The van der Waals surface area contributed by atoms with Crippen LogP contribution in [0.15, 0.2) is 0 Å². The Morgan fingerprint density at radius 3 is 2.85 bits per heavy atom. The van der Waals surface area contributed by atoms with Gasteiger partial charge >= 0.3 is 0 Å². The van der Waals surface area contributed by atoms with Crippen molar-refractivity contribution >= 4 is 18.3 Å². The molecular formula is C14H27ClN2O3. The van der Waals surface area contributed by atoms with Gasteiger partial charge in [-0.05, 0) is 32.1 Å². The Morgan fingerprint density at radius 1 is 1.45 bits per heavy atom. The Labute approximate surface area is 127 Å². The third-order valence-electron chi connectivity index (χ3n) is 4.04. The lowest BCUT2D eigenvalue weighted by molar-refractivity contribution is -0.123. The first-order valence-corrected chi connectivity index (χ1v) is 7.39. The van der Waals surface area contributed by atoms with E-state index in [1.54, 1.807) is 0 Å². The molecule has 0 radical (unpaired) electrons. The molecule has 1 heterocycles. The minimum atomic E-state index is 0. The highest BCUT2D eigenvalue weighted by atomic mass is 35.5. The van der Waals surface area contributed by atoms with Gasteiger partial charge < -0.3 is 20.5 Å². The predicted octanol–water partition coefficient (Wildman–Crippen LogP) is 1.24. The largest absolute Gasteiger partial charge is 0.379 e. The maximum absolute atomic E-state index is 11.9. The summed E-state index contributed by atoms with van der Waals surface area (Å²) < 4.78 is 10.9. The molecule has 2 unspecified atom stereocenters. The van der Waals surface area contributed by atoms with Crippen LogP contribution >= 0.6 is 12.4 Å². The van der Waals surface area contributed by atoms with E-state index < -0.39 is 0 Å². The Kier molecular flexibility index (Phi) is 7.80. The van der Waals surface area contributed by atoms with Crippen molar-refractivity contribution in [2.24, 2.45) is 11.7 Å². The summed E-state index contributed by atoms with van der Waals surface area (Å²) in [6.07, 6.45) is 4.99. The van der Waals surface area contributed by atoms with Gasteiger partial charge in [0.15, 0.2) is 0 Å². The topological polar surface area (TPSA) is 73.6 Å². The summed E-state index contributed by atoms with van der Waals surface area (Å²) in [6.45, 7) is 3.99. The van der Waals surface area contributed by atoms with Crippen molar-refractivity contribution in [3.8, 4) is 0 Å². The normalized spacial score (nSPS) is 30.8. The van der Waals surface area contributed by atoms with Gasteiger partial charge in [0.05, 0.1) is 19.3 Å². The minimum Gasteiger partial charge on any atom is -0.379 e. The second kappa shape index (κ2) is 8.82. The first-order chi connectivity index (χ1) is 9.15. The zero-order chi connectivity index (χ0) is 13.7. The molecule has 6 heteroatoms.